The van der Waals surface area contributed by atoms with Crippen molar-refractivity contribution in [2.24, 2.45) is 5.92 Å². The van der Waals surface area contributed by atoms with Crippen molar-refractivity contribution in [2.75, 3.05) is 50.8 Å². The van der Waals surface area contributed by atoms with E-state index in [2.05, 4.69) is 46.3 Å². The van der Waals surface area contributed by atoms with Gasteiger partial charge in [-0.3, -0.25) is 9.59 Å². The van der Waals surface area contributed by atoms with E-state index in [1.165, 1.54) is 5.56 Å². The highest BCUT2D eigenvalue weighted by atomic mass is 16.5. The number of carbonyl (C=O) groups is 2. The van der Waals surface area contributed by atoms with Crippen LogP contribution in [0.2, 0.25) is 0 Å². The SMILES string of the molecule is Cc1ccc(-c2ccc(N3CCN(C(=O)CN(CC4CCCO4)C(=O)CC(C)C)CC3)nn2)cc1. The minimum absolute atomic E-state index is 0.000515. The number of anilines is 1. The average molecular weight is 480 g/mol. The molecule has 0 aliphatic carbocycles. The summed E-state index contributed by atoms with van der Waals surface area (Å²) in [5.41, 5.74) is 3.11. The molecule has 0 saturated carbocycles. The standard InChI is InChI=1S/C27H37N5O3/c1-20(2)17-26(33)32(18-23-5-4-16-35-23)19-27(34)31-14-12-30(13-15-31)25-11-10-24(28-29-25)22-8-6-21(3)7-9-22/h6-11,20,23H,4-5,12-19H2,1-3H3. The molecule has 8 heteroatoms. The Balaban J connectivity index is 1.31. The minimum Gasteiger partial charge on any atom is -0.376 e. The van der Waals surface area contributed by atoms with Gasteiger partial charge in [-0.15, -0.1) is 10.2 Å². The fourth-order valence-electron chi connectivity index (χ4n) is 4.59. The van der Waals surface area contributed by atoms with Crippen LogP contribution in [0.5, 0.6) is 0 Å². The van der Waals surface area contributed by atoms with Crippen LogP contribution in [0.25, 0.3) is 11.3 Å². The molecule has 188 valence electrons. The Bertz CT molecular complexity index is 979. The van der Waals surface area contributed by atoms with Gasteiger partial charge in [0.2, 0.25) is 11.8 Å². The number of carbonyl (C=O) groups excluding carboxylic acids is 2. The fraction of sp³-hybridized carbons (Fsp3) is 0.556. The van der Waals surface area contributed by atoms with E-state index in [0.29, 0.717) is 39.1 Å². The molecule has 0 bridgehead atoms. The van der Waals surface area contributed by atoms with Gasteiger partial charge in [-0.05, 0) is 37.8 Å². The maximum absolute atomic E-state index is 13.1. The van der Waals surface area contributed by atoms with Crippen LogP contribution < -0.4 is 4.90 Å². The van der Waals surface area contributed by atoms with E-state index in [1.54, 1.807) is 4.90 Å². The zero-order valence-corrected chi connectivity index (χ0v) is 21.2. The smallest absolute Gasteiger partial charge is 0.242 e. The summed E-state index contributed by atoms with van der Waals surface area (Å²) in [5, 5.41) is 8.84. The van der Waals surface area contributed by atoms with Crippen LogP contribution in [-0.4, -0.2) is 83.8 Å². The molecule has 2 aliphatic heterocycles. The number of piperazine rings is 1. The number of aromatic nitrogens is 2. The highest BCUT2D eigenvalue weighted by Crippen LogP contribution is 2.20. The lowest BCUT2D eigenvalue weighted by molar-refractivity contribution is -0.142. The highest BCUT2D eigenvalue weighted by Gasteiger charge is 2.28. The number of aryl methyl sites for hydroxylation is 1. The maximum Gasteiger partial charge on any atom is 0.242 e. The summed E-state index contributed by atoms with van der Waals surface area (Å²) in [4.78, 5) is 31.6. The third kappa shape index (κ3) is 6.78. The van der Waals surface area contributed by atoms with E-state index in [9.17, 15) is 9.59 Å². The summed E-state index contributed by atoms with van der Waals surface area (Å²) in [5.74, 6) is 1.11. The first kappa shape index (κ1) is 25.1. The topological polar surface area (TPSA) is 78.9 Å². The quantitative estimate of drug-likeness (QED) is 0.579. The molecule has 0 radical (unpaired) electrons. The summed E-state index contributed by atoms with van der Waals surface area (Å²) in [6.07, 6.45) is 2.45. The second kappa shape index (κ2) is 11.6. The van der Waals surface area contributed by atoms with Crippen LogP contribution in [0.15, 0.2) is 36.4 Å². The van der Waals surface area contributed by atoms with Gasteiger partial charge in [-0.25, -0.2) is 0 Å². The van der Waals surface area contributed by atoms with Crippen molar-refractivity contribution in [3.8, 4) is 11.3 Å². The number of rotatable bonds is 8. The molecule has 35 heavy (non-hydrogen) atoms. The third-order valence-electron chi connectivity index (χ3n) is 6.66. The normalized spacial score (nSPS) is 18.2. The zero-order valence-electron chi connectivity index (χ0n) is 21.2. The van der Waals surface area contributed by atoms with E-state index < -0.39 is 0 Å². The van der Waals surface area contributed by atoms with E-state index in [4.69, 9.17) is 4.74 Å². The van der Waals surface area contributed by atoms with Gasteiger partial charge in [0.1, 0.15) is 0 Å². The van der Waals surface area contributed by atoms with Gasteiger partial charge >= 0.3 is 0 Å². The molecule has 0 spiro atoms. The second-order valence-electron chi connectivity index (χ2n) is 10.0. The number of ether oxygens (including phenoxy) is 1. The van der Waals surface area contributed by atoms with Gasteiger partial charge in [0.15, 0.2) is 5.82 Å². The van der Waals surface area contributed by atoms with Crippen LogP contribution in [0.1, 0.15) is 38.7 Å². The van der Waals surface area contributed by atoms with Gasteiger partial charge in [0, 0.05) is 51.3 Å². The van der Waals surface area contributed by atoms with Gasteiger partial charge in [-0.1, -0.05) is 43.7 Å². The molecule has 2 saturated heterocycles. The maximum atomic E-state index is 13.1. The van der Waals surface area contributed by atoms with E-state index in [-0.39, 0.29) is 30.4 Å². The highest BCUT2D eigenvalue weighted by molar-refractivity contribution is 5.85. The van der Waals surface area contributed by atoms with E-state index in [1.807, 2.05) is 30.9 Å². The summed E-state index contributed by atoms with van der Waals surface area (Å²) < 4.78 is 5.73. The summed E-state index contributed by atoms with van der Waals surface area (Å²) in [6, 6.07) is 12.2. The lowest BCUT2D eigenvalue weighted by Gasteiger charge is -2.36. The fourth-order valence-corrected chi connectivity index (χ4v) is 4.59. The Kier molecular flexibility index (Phi) is 8.33. The third-order valence-corrected chi connectivity index (χ3v) is 6.66. The van der Waals surface area contributed by atoms with Crippen molar-refractivity contribution in [2.45, 2.75) is 46.1 Å². The molecule has 2 amide bonds. The lowest BCUT2D eigenvalue weighted by Crippen LogP contribution is -2.52. The van der Waals surface area contributed by atoms with Crippen LogP contribution >= 0.6 is 0 Å². The van der Waals surface area contributed by atoms with Crippen molar-refractivity contribution in [3.63, 3.8) is 0 Å². The Morgan fingerprint density at radius 1 is 1.06 bits per heavy atom. The van der Waals surface area contributed by atoms with Crippen LogP contribution in [0, 0.1) is 12.8 Å². The van der Waals surface area contributed by atoms with Crippen LogP contribution in [0.4, 0.5) is 5.82 Å². The molecule has 8 nitrogen and oxygen atoms in total. The van der Waals surface area contributed by atoms with Gasteiger partial charge < -0.3 is 19.4 Å². The number of benzene rings is 1. The first-order valence-electron chi connectivity index (χ1n) is 12.7. The average Bonchev–Trinajstić information content (AvgIpc) is 3.37. The Labute approximate surface area is 208 Å². The van der Waals surface area contributed by atoms with Crippen molar-refractivity contribution in [3.05, 3.63) is 42.0 Å². The predicted octanol–water partition coefficient (Wildman–Crippen LogP) is 3.15. The molecule has 0 N–H and O–H groups in total. The molecule has 2 fully saturated rings. The molecule has 1 aromatic carbocycles. The molecule has 2 aromatic rings. The summed E-state index contributed by atoms with van der Waals surface area (Å²) in [7, 11) is 0. The van der Waals surface area contributed by atoms with Gasteiger partial charge in [-0.2, -0.15) is 0 Å². The second-order valence-corrected chi connectivity index (χ2v) is 10.0. The molecule has 1 unspecified atom stereocenters. The molecule has 1 aromatic heterocycles. The monoisotopic (exact) mass is 479 g/mol. The number of hydrogen-bond donors (Lipinski definition) is 0. The Hall–Kier alpha value is -3.00. The molecule has 1 atom stereocenters. The van der Waals surface area contributed by atoms with Crippen molar-refractivity contribution in [1.82, 2.24) is 20.0 Å². The van der Waals surface area contributed by atoms with E-state index >= 15 is 0 Å². The summed E-state index contributed by atoms with van der Waals surface area (Å²) in [6.45, 7) is 10.1. The minimum atomic E-state index is 0.000515. The zero-order chi connectivity index (χ0) is 24.8. The molecule has 2 aliphatic rings. The summed E-state index contributed by atoms with van der Waals surface area (Å²) >= 11 is 0. The largest absolute Gasteiger partial charge is 0.376 e. The van der Waals surface area contributed by atoms with Crippen molar-refractivity contribution in [1.29, 1.82) is 0 Å². The number of amides is 2. The Morgan fingerprint density at radius 3 is 2.40 bits per heavy atom. The van der Waals surface area contributed by atoms with Crippen molar-refractivity contribution < 1.29 is 14.3 Å². The Morgan fingerprint density at radius 2 is 1.80 bits per heavy atom. The molecule has 3 heterocycles. The molecular weight excluding hydrogens is 442 g/mol. The molecular formula is C27H37N5O3. The first-order chi connectivity index (χ1) is 16.9. The lowest BCUT2D eigenvalue weighted by atomic mass is 10.1. The van der Waals surface area contributed by atoms with Crippen LogP contribution in [0.3, 0.4) is 0 Å². The van der Waals surface area contributed by atoms with Crippen LogP contribution in [-0.2, 0) is 14.3 Å². The van der Waals surface area contributed by atoms with Crippen molar-refractivity contribution >= 4 is 17.6 Å². The van der Waals surface area contributed by atoms with Gasteiger partial charge in [0.25, 0.3) is 0 Å². The van der Waals surface area contributed by atoms with E-state index in [0.717, 1.165) is 36.5 Å². The van der Waals surface area contributed by atoms with Gasteiger partial charge in [0.05, 0.1) is 18.3 Å². The first-order valence-corrected chi connectivity index (χ1v) is 12.7. The predicted molar refractivity (Wildman–Crippen MR) is 136 cm³/mol. The molecule has 4 rings (SSSR count). The number of hydrogen-bond acceptors (Lipinski definition) is 6. The number of nitrogens with zero attached hydrogens (tertiary/aromatic N) is 5.